The summed E-state index contributed by atoms with van der Waals surface area (Å²) < 4.78 is 18.6. The van der Waals surface area contributed by atoms with Crippen molar-refractivity contribution in [1.82, 2.24) is 0 Å². The molecule has 0 radical (unpaired) electrons. The Morgan fingerprint density at radius 2 is 2.11 bits per heavy atom. The summed E-state index contributed by atoms with van der Waals surface area (Å²) in [5.74, 6) is -0.556. The normalized spacial score (nSPS) is 16.6. The van der Waals surface area contributed by atoms with Crippen molar-refractivity contribution in [1.29, 1.82) is 0 Å². The fourth-order valence-corrected chi connectivity index (χ4v) is 2.00. The Morgan fingerprint density at radius 3 is 2.72 bits per heavy atom. The van der Waals surface area contributed by atoms with Gasteiger partial charge in [0, 0.05) is 19.3 Å². The second-order valence-electron chi connectivity index (χ2n) is 4.41. The van der Waals surface area contributed by atoms with Gasteiger partial charge in [-0.25, -0.2) is 4.39 Å². The average Bonchev–Trinajstić information content (AvgIpc) is 2.34. The first-order valence-corrected chi connectivity index (χ1v) is 5.86. The number of nitrogens with zero attached hydrogens (tertiary/aromatic N) is 1. The summed E-state index contributed by atoms with van der Waals surface area (Å²) in [6.07, 6.45) is 1.60. The van der Waals surface area contributed by atoms with Crippen molar-refractivity contribution in [3.05, 3.63) is 33.6 Å². The number of halogens is 1. The number of nitrogens with one attached hydrogen (secondary N) is 1. The van der Waals surface area contributed by atoms with Crippen molar-refractivity contribution in [2.75, 3.05) is 18.5 Å². The molecule has 0 atom stereocenters. The highest BCUT2D eigenvalue weighted by atomic mass is 19.1. The number of anilines is 1. The third-order valence-corrected chi connectivity index (χ3v) is 3.05. The van der Waals surface area contributed by atoms with E-state index in [1.807, 2.05) is 0 Å². The molecular formula is C12H15FN2O3. The highest BCUT2D eigenvalue weighted by Gasteiger charge is 2.21. The van der Waals surface area contributed by atoms with Crippen LogP contribution >= 0.6 is 0 Å². The Bertz CT molecular complexity index is 459. The molecule has 6 heteroatoms. The number of benzene rings is 1. The molecule has 0 unspecified atom stereocenters. The Morgan fingerprint density at radius 1 is 1.44 bits per heavy atom. The SMILES string of the molecule is Cc1cc(NC2CCOCC2)c([N+](=O)[O-])cc1F. The molecule has 5 nitrogen and oxygen atoms in total. The largest absolute Gasteiger partial charge is 0.381 e. The Labute approximate surface area is 104 Å². The van der Waals surface area contributed by atoms with Gasteiger partial charge in [0.15, 0.2) is 0 Å². The highest BCUT2D eigenvalue weighted by molar-refractivity contribution is 5.63. The van der Waals surface area contributed by atoms with Crippen LogP contribution < -0.4 is 5.32 Å². The summed E-state index contributed by atoms with van der Waals surface area (Å²) >= 11 is 0. The van der Waals surface area contributed by atoms with E-state index in [4.69, 9.17) is 4.74 Å². The molecule has 0 spiro atoms. The number of ether oxygens (including phenoxy) is 1. The van der Waals surface area contributed by atoms with Gasteiger partial charge >= 0.3 is 0 Å². The summed E-state index contributed by atoms with van der Waals surface area (Å²) in [5, 5.41) is 14.0. The lowest BCUT2D eigenvalue weighted by Crippen LogP contribution is -2.28. The molecule has 1 aromatic carbocycles. The second kappa shape index (κ2) is 5.30. The quantitative estimate of drug-likeness (QED) is 0.665. The van der Waals surface area contributed by atoms with E-state index in [1.165, 1.54) is 6.07 Å². The molecule has 0 aliphatic carbocycles. The smallest absolute Gasteiger partial charge is 0.295 e. The van der Waals surface area contributed by atoms with Gasteiger partial charge < -0.3 is 10.1 Å². The number of nitro groups is 1. The molecule has 1 aliphatic rings. The van der Waals surface area contributed by atoms with Gasteiger partial charge in [-0.3, -0.25) is 10.1 Å². The third kappa shape index (κ3) is 2.76. The van der Waals surface area contributed by atoms with Crippen LogP contribution in [-0.4, -0.2) is 24.2 Å². The summed E-state index contributed by atoms with van der Waals surface area (Å²) in [6.45, 7) is 2.88. The van der Waals surface area contributed by atoms with Gasteiger partial charge in [-0.1, -0.05) is 0 Å². The van der Waals surface area contributed by atoms with E-state index in [1.54, 1.807) is 6.92 Å². The average molecular weight is 254 g/mol. The molecule has 98 valence electrons. The first kappa shape index (κ1) is 12.8. The Hall–Kier alpha value is -1.69. The van der Waals surface area contributed by atoms with Crippen molar-refractivity contribution in [3.63, 3.8) is 0 Å². The molecule has 1 N–H and O–H groups in total. The number of rotatable bonds is 3. The summed E-state index contributed by atoms with van der Waals surface area (Å²) in [5.41, 5.74) is 0.561. The van der Waals surface area contributed by atoms with E-state index in [0.29, 0.717) is 24.5 Å². The topological polar surface area (TPSA) is 64.4 Å². The fraction of sp³-hybridized carbons (Fsp3) is 0.500. The first-order chi connectivity index (χ1) is 8.58. The Balaban J connectivity index is 2.24. The lowest BCUT2D eigenvalue weighted by molar-refractivity contribution is -0.384. The molecule has 0 bridgehead atoms. The second-order valence-corrected chi connectivity index (χ2v) is 4.41. The lowest BCUT2D eigenvalue weighted by Gasteiger charge is -2.24. The lowest BCUT2D eigenvalue weighted by atomic mass is 10.1. The summed E-state index contributed by atoms with van der Waals surface area (Å²) in [4.78, 5) is 10.3. The maximum atomic E-state index is 13.3. The van der Waals surface area contributed by atoms with Gasteiger partial charge in [0.2, 0.25) is 0 Å². The Kier molecular flexibility index (Phi) is 3.76. The van der Waals surface area contributed by atoms with Crippen LogP contribution in [0.15, 0.2) is 12.1 Å². The molecular weight excluding hydrogens is 239 g/mol. The third-order valence-electron chi connectivity index (χ3n) is 3.05. The van der Waals surface area contributed by atoms with E-state index in [9.17, 15) is 14.5 Å². The molecule has 0 saturated carbocycles. The van der Waals surface area contributed by atoms with Crippen LogP contribution in [0.1, 0.15) is 18.4 Å². The molecule has 0 aromatic heterocycles. The highest BCUT2D eigenvalue weighted by Crippen LogP contribution is 2.29. The van der Waals surface area contributed by atoms with E-state index in [-0.39, 0.29) is 11.7 Å². The van der Waals surface area contributed by atoms with E-state index in [0.717, 1.165) is 18.9 Å². The summed E-state index contributed by atoms with van der Waals surface area (Å²) in [7, 11) is 0. The number of aryl methyl sites for hydroxylation is 1. The molecule has 1 saturated heterocycles. The number of hydrogen-bond donors (Lipinski definition) is 1. The van der Waals surface area contributed by atoms with Crippen molar-refractivity contribution < 1.29 is 14.1 Å². The van der Waals surface area contributed by atoms with Crippen LogP contribution in [0.4, 0.5) is 15.8 Å². The number of nitro benzene ring substituents is 1. The number of hydrogen-bond acceptors (Lipinski definition) is 4. The van der Waals surface area contributed by atoms with Crippen LogP contribution in [0.5, 0.6) is 0 Å². The molecule has 1 aliphatic heterocycles. The first-order valence-electron chi connectivity index (χ1n) is 5.86. The summed E-state index contributed by atoms with van der Waals surface area (Å²) in [6, 6.07) is 2.60. The van der Waals surface area contributed by atoms with Crippen molar-refractivity contribution in [3.8, 4) is 0 Å². The zero-order valence-corrected chi connectivity index (χ0v) is 10.1. The van der Waals surface area contributed by atoms with Gasteiger partial charge in [0.1, 0.15) is 11.5 Å². The predicted molar refractivity (Wildman–Crippen MR) is 65.3 cm³/mol. The van der Waals surface area contributed by atoms with E-state index < -0.39 is 10.7 Å². The van der Waals surface area contributed by atoms with Gasteiger partial charge in [-0.15, -0.1) is 0 Å². The van der Waals surface area contributed by atoms with Crippen LogP contribution in [-0.2, 0) is 4.74 Å². The van der Waals surface area contributed by atoms with E-state index >= 15 is 0 Å². The van der Waals surface area contributed by atoms with Gasteiger partial charge in [-0.2, -0.15) is 0 Å². The standard InChI is InChI=1S/C12H15FN2O3/c1-8-6-11(12(15(16)17)7-10(8)13)14-9-2-4-18-5-3-9/h6-7,9,14H,2-5H2,1H3. The monoisotopic (exact) mass is 254 g/mol. The van der Waals surface area contributed by atoms with Gasteiger partial charge in [0.05, 0.1) is 11.0 Å². The maximum absolute atomic E-state index is 13.3. The van der Waals surface area contributed by atoms with Gasteiger partial charge in [0.25, 0.3) is 5.69 Å². The van der Waals surface area contributed by atoms with Crippen LogP contribution in [0.2, 0.25) is 0 Å². The van der Waals surface area contributed by atoms with Crippen LogP contribution in [0, 0.1) is 22.9 Å². The molecule has 1 fully saturated rings. The fourth-order valence-electron chi connectivity index (χ4n) is 2.00. The van der Waals surface area contributed by atoms with Crippen molar-refractivity contribution >= 4 is 11.4 Å². The van der Waals surface area contributed by atoms with Gasteiger partial charge in [-0.05, 0) is 31.4 Å². The van der Waals surface area contributed by atoms with Crippen molar-refractivity contribution in [2.45, 2.75) is 25.8 Å². The minimum atomic E-state index is -0.565. The van der Waals surface area contributed by atoms with Crippen molar-refractivity contribution in [2.24, 2.45) is 0 Å². The molecule has 18 heavy (non-hydrogen) atoms. The molecule has 1 aromatic rings. The zero-order chi connectivity index (χ0) is 13.1. The minimum absolute atomic E-state index is 0.141. The van der Waals surface area contributed by atoms with Crippen LogP contribution in [0.3, 0.4) is 0 Å². The predicted octanol–water partition coefficient (Wildman–Crippen LogP) is 2.63. The van der Waals surface area contributed by atoms with E-state index in [2.05, 4.69) is 5.32 Å². The molecule has 0 amide bonds. The molecule has 2 rings (SSSR count). The maximum Gasteiger partial charge on any atom is 0.295 e. The van der Waals surface area contributed by atoms with Crippen LogP contribution in [0.25, 0.3) is 0 Å². The minimum Gasteiger partial charge on any atom is -0.381 e. The zero-order valence-electron chi connectivity index (χ0n) is 10.1. The molecule has 1 heterocycles.